The van der Waals surface area contributed by atoms with Crippen molar-refractivity contribution >= 4 is 11.8 Å². The van der Waals surface area contributed by atoms with Crippen LogP contribution in [0.15, 0.2) is 0 Å². The van der Waals surface area contributed by atoms with Crippen LogP contribution in [-0.4, -0.2) is 16.9 Å². The van der Waals surface area contributed by atoms with Crippen LogP contribution < -0.4 is 0 Å². The van der Waals surface area contributed by atoms with Crippen molar-refractivity contribution in [3.8, 4) is 0 Å². The van der Waals surface area contributed by atoms with Crippen LogP contribution in [-0.2, 0) is 9.59 Å². The van der Waals surface area contributed by atoms with Gasteiger partial charge in [-0.05, 0) is 19.3 Å². The van der Waals surface area contributed by atoms with E-state index in [9.17, 15) is 9.59 Å². The van der Waals surface area contributed by atoms with Crippen molar-refractivity contribution in [3.63, 3.8) is 0 Å². The molecule has 0 aromatic heterocycles. The van der Waals surface area contributed by atoms with Gasteiger partial charge in [0, 0.05) is 19.3 Å². The first kappa shape index (κ1) is 25.1. The van der Waals surface area contributed by atoms with Crippen LogP contribution in [0.5, 0.6) is 0 Å². The van der Waals surface area contributed by atoms with E-state index in [0.29, 0.717) is 12.2 Å². The van der Waals surface area contributed by atoms with Crippen molar-refractivity contribution in [2.24, 2.45) is 0 Å². The van der Waals surface area contributed by atoms with Gasteiger partial charge in [-0.2, -0.15) is 0 Å². The van der Waals surface area contributed by atoms with Crippen LogP contribution in [0.1, 0.15) is 135 Å². The topological polar surface area (TPSA) is 54.4 Å². The van der Waals surface area contributed by atoms with E-state index in [1.54, 1.807) is 0 Å². The van der Waals surface area contributed by atoms with Crippen LogP contribution in [0, 0.1) is 0 Å². The van der Waals surface area contributed by atoms with Crippen molar-refractivity contribution in [1.29, 1.82) is 0 Å². The molecule has 154 valence electrons. The number of carbonyl (C=O) groups excluding carboxylic acids is 1. The van der Waals surface area contributed by atoms with E-state index in [0.717, 1.165) is 44.9 Å². The Morgan fingerprint density at radius 2 is 0.808 bits per heavy atom. The van der Waals surface area contributed by atoms with Crippen LogP contribution >= 0.6 is 0 Å². The Morgan fingerprint density at radius 1 is 0.500 bits per heavy atom. The molecule has 0 bridgehead atoms. The Hall–Kier alpha value is -0.860. The molecule has 0 aromatic rings. The number of hydrogen-bond donors (Lipinski definition) is 1. The van der Waals surface area contributed by atoms with Gasteiger partial charge < -0.3 is 5.11 Å². The Balaban J connectivity index is 3.07. The minimum absolute atomic E-state index is 0.330. The molecule has 0 spiro atoms. The van der Waals surface area contributed by atoms with E-state index in [1.807, 2.05) is 0 Å². The highest BCUT2D eigenvalue weighted by Crippen LogP contribution is 2.14. The van der Waals surface area contributed by atoms with Crippen LogP contribution in [0.4, 0.5) is 0 Å². The minimum atomic E-state index is -0.664. The minimum Gasteiger partial charge on any atom is -0.481 e. The maximum atomic E-state index is 11.6. The van der Waals surface area contributed by atoms with Crippen molar-refractivity contribution in [1.82, 2.24) is 0 Å². The molecule has 1 N–H and O–H groups in total. The van der Waals surface area contributed by atoms with Gasteiger partial charge in [0.2, 0.25) is 0 Å². The lowest BCUT2D eigenvalue weighted by molar-refractivity contribution is -0.137. The molecule has 3 nitrogen and oxygen atoms in total. The van der Waals surface area contributed by atoms with Gasteiger partial charge in [0.15, 0.2) is 0 Å². The Morgan fingerprint density at radius 3 is 1.15 bits per heavy atom. The summed E-state index contributed by atoms with van der Waals surface area (Å²) in [6.45, 7) is 2.14. The summed E-state index contributed by atoms with van der Waals surface area (Å²) in [6.07, 6.45) is 22.9. The Labute approximate surface area is 162 Å². The van der Waals surface area contributed by atoms with E-state index >= 15 is 0 Å². The average Bonchev–Trinajstić information content (AvgIpc) is 2.62. The van der Waals surface area contributed by atoms with Crippen LogP contribution in [0.2, 0.25) is 0 Å². The van der Waals surface area contributed by atoms with Gasteiger partial charge >= 0.3 is 5.97 Å². The zero-order valence-electron chi connectivity index (χ0n) is 17.4. The number of aliphatic carboxylic acids is 1. The highest BCUT2D eigenvalue weighted by atomic mass is 16.4. The predicted octanol–water partition coefficient (Wildman–Crippen LogP) is 7.46. The number of carbonyl (C=O) groups is 2. The number of hydrogen-bond acceptors (Lipinski definition) is 2. The molecule has 0 heterocycles. The fourth-order valence-corrected chi connectivity index (χ4v) is 3.40. The summed E-state index contributed by atoms with van der Waals surface area (Å²) < 4.78 is 0. The normalized spacial score (nSPS) is 11.0. The monoisotopic (exact) mass is 368 g/mol. The van der Waals surface area contributed by atoms with Crippen molar-refractivity contribution in [2.75, 3.05) is 0 Å². The molecule has 0 saturated carbocycles. The second kappa shape index (κ2) is 20.5. The molecule has 3 heteroatoms. The molecule has 0 radical (unpaired) electrons. The summed E-state index contributed by atoms with van der Waals surface area (Å²) in [5.41, 5.74) is 0. The Kier molecular flexibility index (Phi) is 19.8. The molecular formula is C23H44O3. The maximum Gasteiger partial charge on any atom is 0.303 e. The van der Waals surface area contributed by atoms with Gasteiger partial charge in [-0.25, -0.2) is 0 Å². The second-order valence-electron chi connectivity index (χ2n) is 7.84. The van der Waals surface area contributed by atoms with E-state index in [1.165, 1.54) is 77.0 Å². The maximum absolute atomic E-state index is 11.6. The zero-order chi connectivity index (χ0) is 19.3. The number of rotatable bonds is 21. The van der Waals surface area contributed by atoms with Crippen LogP contribution in [0.3, 0.4) is 0 Å². The molecular weight excluding hydrogens is 324 g/mol. The highest BCUT2D eigenvalue weighted by Gasteiger charge is 2.01. The molecule has 0 aromatic carbocycles. The molecule has 0 amide bonds. The first-order chi connectivity index (χ1) is 12.7. The summed E-state index contributed by atoms with van der Waals surface area (Å²) >= 11 is 0. The van der Waals surface area contributed by atoms with Crippen LogP contribution in [0.25, 0.3) is 0 Å². The molecule has 0 fully saturated rings. The molecule has 0 atom stereocenters. The van der Waals surface area contributed by atoms with E-state index < -0.39 is 5.97 Å². The highest BCUT2D eigenvalue weighted by molar-refractivity contribution is 5.78. The van der Waals surface area contributed by atoms with Crippen molar-refractivity contribution < 1.29 is 14.7 Å². The second-order valence-corrected chi connectivity index (χ2v) is 7.84. The summed E-state index contributed by atoms with van der Waals surface area (Å²) in [5.74, 6) is -0.199. The van der Waals surface area contributed by atoms with E-state index in [-0.39, 0.29) is 0 Å². The summed E-state index contributed by atoms with van der Waals surface area (Å²) in [6, 6.07) is 0. The fraction of sp³-hybridized carbons (Fsp3) is 0.913. The molecule has 0 aliphatic heterocycles. The molecule has 26 heavy (non-hydrogen) atoms. The quantitative estimate of drug-likeness (QED) is 0.214. The SMILES string of the molecule is CCCCC(=O)CCCCCCCCCCCCCCCCCC(=O)O. The fourth-order valence-electron chi connectivity index (χ4n) is 3.40. The molecule has 0 aliphatic rings. The predicted molar refractivity (Wildman–Crippen MR) is 111 cm³/mol. The number of ketones is 1. The van der Waals surface area contributed by atoms with E-state index in [2.05, 4.69) is 6.92 Å². The summed E-state index contributed by atoms with van der Waals surface area (Å²) in [5, 5.41) is 8.56. The van der Waals surface area contributed by atoms with Gasteiger partial charge in [-0.1, -0.05) is 96.8 Å². The largest absolute Gasteiger partial charge is 0.481 e. The van der Waals surface area contributed by atoms with Gasteiger partial charge in [0.1, 0.15) is 5.78 Å². The van der Waals surface area contributed by atoms with Gasteiger partial charge in [-0.15, -0.1) is 0 Å². The number of carboxylic acid groups (broad SMARTS) is 1. The Bertz CT molecular complexity index is 325. The molecule has 0 unspecified atom stereocenters. The molecule has 0 aliphatic carbocycles. The zero-order valence-corrected chi connectivity index (χ0v) is 17.4. The van der Waals surface area contributed by atoms with Crippen molar-refractivity contribution in [2.45, 2.75) is 135 Å². The third-order valence-electron chi connectivity index (χ3n) is 5.16. The lowest BCUT2D eigenvalue weighted by Crippen LogP contribution is -1.96. The lowest BCUT2D eigenvalue weighted by atomic mass is 10.0. The van der Waals surface area contributed by atoms with Crippen molar-refractivity contribution in [3.05, 3.63) is 0 Å². The number of Topliss-reactive ketones (excluding diaryl/α,β-unsaturated/α-hetero) is 1. The van der Waals surface area contributed by atoms with Gasteiger partial charge in [0.25, 0.3) is 0 Å². The van der Waals surface area contributed by atoms with Gasteiger partial charge in [0.05, 0.1) is 0 Å². The first-order valence-corrected chi connectivity index (χ1v) is 11.4. The summed E-state index contributed by atoms with van der Waals surface area (Å²) in [4.78, 5) is 21.9. The summed E-state index contributed by atoms with van der Waals surface area (Å²) in [7, 11) is 0. The van der Waals surface area contributed by atoms with E-state index in [4.69, 9.17) is 5.11 Å². The lowest BCUT2D eigenvalue weighted by Gasteiger charge is -2.03. The smallest absolute Gasteiger partial charge is 0.303 e. The average molecular weight is 369 g/mol. The molecule has 0 saturated heterocycles. The standard InChI is InChI=1S/C23H44O3/c1-2-3-19-22(24)20-17-15-13-11-9-7-5-4-6-8-10-12-14-16-18-21-23(25)26/h2-21H2,1H3,(H,25,26). The first-order valence-electron chi connectivity index (χ1n) is 11.4. The third kappa shape index (κ3) is 21.2. The van der Waals surface area contributed by atoms with Gasteiger partial charge in [-0.3, -0.25) is 9.59 Å². The number of carboxylic acids is 1. The third-order valence-corrected chi connectivity index (χ3v) is 5.16. The number of unbranched alkanes of at least 4 members (excludes halogenated alkanes) is 15. The molecule has 0 rings (SSSR count).